The summed E-state index contributed by atoms with van der Waals surface area (Å²) in [6, 6.07) is 14.7. The van der Waals surface area contributed by atoms with Crippen LogP contribution in [0.4, 0.5) is 13.2 Å². The average molecular weight is 316 g/mol. The molecule has 2 nitrogen and oxygen atoms in total. The van der Waals surface area contributed by atoms with Crippen LogP contribution < -0.4 is 18.2 Å². The number of nitrogens with two attached hydrogens (primary N) is 1. The molecule has 0 unspecified atom stereocenters. The molecule has 0 amide bonds. The van der Waals surface area contributed by atoms with Crippen molar-refractivity contribution in [1.82, 2.24) is 5.01 Å². The lowest BCUT2D eigenvalue weighted by Gasteiger charge is -2.17. The molecule has 0 bridgehead atoms. The van der Waals surface area contributed by atoms with Gasteiger partial charge in [-0.2, -0.15) is 13.2 Å². The summed E-state index contributed by atoms with van der Waals surface area (Å²) >= 11 is 0. The Morgan fingerprint density at radius 2 is 1.29 bits per heavy atom. The van der Waals surface area contributed by atoms with Crippen LogP contribution in [0.2, 0.25) is 0 Å². The fourth-order valence-electron chi connectivity index (χ4n) is 1.91. The van der Waals surface area contributed by atoms with Crippen molar-refractivity contribution in [3.8, 4) is 0 Å². The van der Waals surface area contributed by atoms with E-state index < -0.39 is 11.7 Å². The van der Waals surface area contributed by atoms with E-state index in [0.29, 0.717) is 13.1 Å². The summed E-state index contributed by atoms with van der Waals surface area (Å²) in [5, 5.41) is 1.57. The van der Waals surface area contributed by atoms with Gasteiger partial charge in [-0.05, 0) is 23.3 Å². The van der Waals surface area contributed by atoms with Crippen molar-refractivity contribution in [2.45, 2.75) is 19.3 Å². The maximum absolute atomic E-state index is 12.4. The molecular weight excluding hydrogens is 301 g/mol. The highest BCUT2D eigenvalue weighted by molar-refractivity contribution is 5.24. The van der Waals surface area contributed by atoms with Gasteiger partial charge >= 0.3 is 6.18 Å². The molecule has 2 aromatic rings. The Bertz CT molecular complexity index is 541. The van der Waals surface area contributed by atoms with E-state index in [2.05, 4.69) is 0 Å². The molecule has 0 saturated carbocycles. The lowest BCUT2D eigenvalue weighted by atomic mass is 10.1. The number of hydrazine groups is 1. The van der Waals surface area contributed by atoms with E-state index in [0.717, 1.165) is 23.3 Å². The molecule has 0 aliphatic rings. The van der Waals surface area contributed by atoms with Crippen LogP contribution in [0.5, 0.6) is 0 Å². The molecule has 114 valence electrons. The number of hydrogen-bond acceptors (Lipinski definition) is 2. The zero-order valence-electron chi connectivity index (χ0n) is 11.1. The maximum Gasteiger partial charge on any atom is 0.416 e. The number of hydrogen-bond donors (Lipinski definition) is 1. The third-order valence-corrected chi connectivity index (χ3v) is 2.90. The van der Waals surface area contributed by atoms with Gasteiger partial charge in [0.25, 0.3) is 0 Å². The van der Waals surface area contributed by atoms with E-state index in [1.807, 2.05) is 30.3 Å². The number of benzene rings is 2. The minimum absolute atomic E-state index is 0. The van der Waals surface area contributed by atoms with E-state index in [-0.39, 0.29) is 12.4 Å². The van der Waals surface area contributed by atoms with Crippen LogP contribution in [-0.2, 0) is 19.3 Å². The average Bonchev–Trinajstić information content (AvgIpc) is 2.39. The Balaban J connectivity index is 0.00000220. The summed E-state index contributed by atoms with van der Waals surface area (Å²) in [7, 11) is 0. The highest BCUT2D eigenvalue weighted by atomic mass is 35.5. The first-order valence-corrected chi connectivity index (χ1v) is 6.15. The smallest absolute Gasteiger partial charge is 0.416 e. The van der Waals surface area contributed by atoms with Crippen molar-refractivity contribution in [1.29, 1.82) is 0 Å². The third kappa shape index (κ3) is 5.38. The second-order valence-corrected chi connectivity index (χ2v) is 4.59. The largest absolute Gasteiger partial charge is 1.00 e. The number of halogens is 4. The monoisotopic (exact) mass is 315 g/mol. The molecule has 0 spiro atoms. The number of nitrogens with zero attached hydrogens (tertiary/aromatic N) is 1. The van der Waals surface area contributed by atoms with Crippen LogP contribution in [0.1, 0.15) is 16.7 Å². The predicted molar refractivity (Wildman–Crippen MR) is 71.3 cm³/mol. The first kappa shape index (κ1) is 17.5. The van der Waals surface area contributed by atoms with Crippen LogP contribution in [0, 0.1) is 0 Å². The lowest BCUT2D eigenvalue weighted by Crippen LogP contribution is -3.00. The van der Waals surface area contributed by atoms with Crippen LogP contribution in [0.15, 0.2) is 54.6 Å². The summed E-state index contributed by atoms with van der Waals surface area (Å²) in [4.78, 5) is 0. The van der Waals surface area contributed by atoms with Gasteiger partial charge in [0.1, 0.15) is 0 Å². The molecule has 0 aliphatic heterocycles. The normalized spacial score (nSPS) is 11.3. The first-order valence-electron chi connectivity index (χ1n) is 6.15. The van der Waals surface area contributed by atoms with Crippen LogP contribution >= 0.6 is 0 Å². The maximum atomic E-state index is 12.4. The topological polar surface area (TPSA) is 29.3 Å². The SMILES string of the molecule is NN(Cc1ccccc1)Cc1ccc(C(F)(F)F)cc1.[Cl-]. The second-order valence-electron chi connectivity index (χ2n) is 4.59. The Kier molecular flexibility index (Phi) is 6.20. The molecule has 2 rings (SSSR count). The Morgan fingerprint density at radius 1 is 0.810 bits per heavy atom. The van der Waals surface area contributed by atoms with E-state index in [1.165, 1.54) is 12.1 Å². The Labute approximate surface area is 127 Å². The van der Waals surface area contributed by atoms with Gasteiger partial charge in [-0.1, -0.05) is 42.5 Å². The molecule has 0 saturated heterocycles. The third-order valence-electron chi connectivity index (χ3n) is 2.90. The van der Waals surface area contributed by atoms with Gasteiger partial charge in [0.05, 0.1) is 5.56 Å². The Hall–Kier alpha value is -1.56. The fraction of sp³-hybridized carbons (Fsp3) is 0.200. The van der Waals surface area contributed by atoms with E-state index in [9.17, 15) is 13.2 Å². The lowest BCUT2D eigenvalue weighted by molar-refractivity contribution is -0.137. The van der Waals surface area contributed by atoms with E-state index >= 15 is 0 Å². The summed E-state index contributed by atoms with van der Waals surface area (Å²) in [5.74, 6) is 5.87. The summed E-state index contributed by atoms with van der Waals surface area (Å²) in [6.07, 6.45) is -4.30. The van der Waals surface area contributed by atoms with Gasteiger partial charge in [0, 0.05) is 13.1 Å². The van der Waals surface area contributed by atoms with Crippen LogP contribution in [0.3, 0.4) is 0 Å². The molecule has 0 aliphatic carbocycles. The van der Waals surface area contributed by atoms with Gasteiger partial charge in [0.15, 0.2) is 0 Å². The first-order chi connectivity index (χ1) is 9.45. The zero-order chi connectivity index (χ0) is 14.6. The molecule has 0 fully saturated rings. The zero-order valence-corrected chi connectivity index (χ0v) is 11.9. The molecule has 2 N–H and O–H groups in total. The summed E-state index contributed by atoms with van der Waals surface area (Å²) in [5.41, 5.74) is 1.16. The minimum atomic E-state index is -4.30. The molecule has 21 heavy (non-hydrogen) atoms. The van der Waals surface area contributed by atoms with Crippen LogP contribution in [-0.4, -0.2) is 5.01 Å². The summed E-state index contributed by atoms with van der Waals surface area (Å²) < 4.78 is 37.3. The van der Waals surface area contributed by atoms with Gasteiger partial charge < -0.3 is 12.4 Å². The second kappa shape index (κ2) is 7.45. The standard InChI is InChI=1S/C15H15F3N2.ClH/c16-15(17,18)14-8-6-13(7-9-14)11-20(19)10-12-4-2-1-3-5-12;/h1-9H,10-11,19H2;1H/p-1. The van der Waals surface area contributed by atoms with E-state index in [4.69, 9.17) is 5.84 Å². The van der Waals surface area contributed by atoms with Crippen molar-refractivity contribution in [2.75, 3.05) is 0 Å². The van der Waals surface area contributed by atoms with Crippen molar-refractivity contribution < 1.29 is 25.6 Å². The van der Waals surface area contributed by atoms with Crippen molar-refractivity contribution in [3.63, 3.8) is 0 Å². The van der Waals surface area contributed by atoms with Crippen molar-refractivity contribution in [3.05, 3.63) is 71.3 Å². The predicted octanol–water partition coefficient (Wildman–Crippen LogP) is 0.585. The van der Waals surface area contributed by atoms with Gasteiger partial charge in [-0.3, -0.25) is 5.84 Å². The van der Waals surface area contributed by atoms with Crippen molar-refractivity contribution in [2.24, 2.45) is 5.84 Å². The molecule has 0 aromatic heterocycles. The molecule has 0 atom stereocenters. The van der Waals surface area contributed by atoms with Gasteiger partial charge in [0.2, 0.25) is 0 Å². The number of rotatable bonds is 4. The molecular formula is C15H15ClF3N2-. The van der Waals surface area contributed by atoms with Crippen molar-refractivity contribution >= 4 is 0 Å². The molecule has 2 aromatic carbocycles. The molecule has 0 heterocycles. The number of alkyl halides is 3. The van der Waals surface area contributed by atoms with Gasteiger partial charge in [-0.15, -0.1) is 0 Å². The highest BCUT2D eigenvalue weighted by Crippen LogP contribution is 2.29. The quantitative estimate of drug-likeness (QED) is 0.661. The van der Waals surface area contributed by atoms with E-state index in [1.54, 1.807) is 5.01 Å². The fourth-order valence-corrected chi connectivity index (χ4v) is 1.91. The summed E-state index contributed by atoms with van der Waals surface area (Å²) in [6.45, 7) is 0.939. The minimum Gasteiger partial charge on any atom is -1.00 e. The highest BCUT2D eigenvalue weighted by Gasteiger charge is 2.29. The van der Waals surface area contributed by atoms with Gasteiger partial charge in [-0.25, -0.2) is 5.01 Å². The Morgan fingerprint density at radius 3 is 1.76 bits per heavy atom. The van der Waals surface area contributed by atoms with Crippen LogP contribution in [0.25, 0.3) is 0 Å². The molecule has 6 heteroatoms. The molecule has 0 radical (unpaired) electrons.